The number of fused-ring (bicyclic) bond motifs is 1. The molecule has 2 saturated heterocycles. The number of imide groups is 1. The average molecular weight is 467 g/mol. The first kappa shape index (κ1) is 21.5. The lowest BCUT2D eigenvalue weighted by Crippen LogP contribution is -2.46. The molecule has 5 rings (SSSR count). The first-order chi connectivity index (χ1) is 15.9. The molecule has 2 amide bonds. The van der Waals surface area contributed by atoms with E-state index in [-0.39, 0.29) is 35.0 Å². The summed E-state index contributed by atoms with van der Waals surface area (Å²) in [6.07, 6.45) is 4.90. The molecule has 2 heterocycles. The highest BCUT2D eigenvalue weighted by Gasteiger charge is 2.48. The lowest BCUT2D eigenvalue weighted by Gasteiger charge is -2.37. The van der Waals surface area contributed by atoms with E-state index in [1.807, 2.05) is 41.3 Å². The number of carbonyl (C=O) groups is 2. The Kier molecular flexibility index (Phi) is 5.54. The Morgan fingerprint density at radius 1 is 0.848 bits per heavy atom. The van der Waals surface area contributed by atoms with Crippen LogP contribution in [-0.4, -0.2) is 42.9 Å². The highest BCUT2D eigenvalue weighted by Crippen LogP contribution is 2.40. The molecule has 2 aromatic carbocycles. The second kappa shape index (κ2) is 8.51. The van der Waals surface area contributed by atoms with Gasteiger partial charge in [0.2, 0.25) is 11.8 Å². The lowest BCUT2D eigenvalue weighted by atomic mass is 9.85. The van der Waals surface area contributed by atoms with Gasteiger partial charge in [-0.05, 0) is 43.2 Å². The second-order valence-corrected chi connectivity index (χ2v) is 8.99. The summed E-state index contributed by atoms with van der Waals surface area (Å²) < 4.78 is 0. The minimum atomic E-state index is -0.443. The topological polar surface area (TPSA) is 87.0 Å². The third-order valence-corrected chi connectivity index (χ3v) is 6.95. The van der Waals surface area contributed by atoms with Crippen LogP contribution < -0.4 is 14.7 Å². The van der Waals surface area contributed by atoms with E-state index >= 15 is 0 Å². The van der Waals surface area contributed by atoms with Crippen molar-refractivity contribution in [1.82, 2.24) is 0 Å². The summed E-state index contributed by atoms with van der Waals surface area (Å²) in [4.78, 5) is 42.6. The maximum Gasteiger partial charge on any atom is 0.294 e. The van der Waals surface area contributed by atoms with Gasteiger partial charge in [-0.2, -0.15) is 0 Å². The van der Waals surface area contributed by atoms with Gasteiger partial charge in [-0.1, -0.05) is 29.8 Å². The Morgan fingerprint density at radius 2 is 1.48 bits per heavy atom. The monoisotopic (exact) mass is 466 g/mol. The van der Waals surface area contributed by atoms with Gasteiger partial charge >= 0.3 is 0 Å². The smallest absolute Gasteiger partial charge is 0.294 e. The molecule has 2 atom stereocenters. The number of nitro benzene ring substituents is 1. The first-order valence-corrected chi connectivity index (χ1v) is 11.4. The molecule has 2 fully saturated rings. The Bertz CT molecular complexity index is 1130. The molecule has 9 heteroatoms. The zero-order valence-corrected chi connectivity index (χ0v) is 18.6. The van der Waals surface area contributed by atoms with E-state index in [4.69, 9.17) is 11.6 Å². The standard InChI is InChI=1S/C24H23ClN4O4/c25-16-4-3-5-17(14-16)26-10-12-27(13-11-26)21-9-8-18(15-22(21)29(32)33)28-23(30)19-6-1-2-7-20(19)24(28)31/h1-5,8-9,14-15,19-20H,6-7,10-13H2. The maximum atomic E-state index is 12.9. The summed E-state index contributed by atoms with van der Waals surface area (Å²) in [7, 11) is 0. The summed E-state index contributed by atoms with van der Waals surface area (Å²) in [6, 6.07) is 12.3. The molecule has 0 bridgehead atoms. The fraction of sp³-hybridized carbons (Fsp3) is 0.333. The van der Waals surface area contributed by atoms with Crippen molar-refractivity contribution in [1.29, 1.82) is 0 Å². The predicted molar refractivity (Wildman–Crippen MR) is 127 cm³/mol. The molecule has 33 heavy (non-hydrogen) atoms. The molecule has 0 aromatic heterocycles. The van der Waals surface area contributed by atoms with E-state index in [0.717, 1.165) is 10.6 Å². The molecule has 2 unspecified atom stereocenters. The summed E-state index contributed by atoms with van der Waals surface area (Å²) in [5.74, 6) is -1.29. The Balaban J connectivity index is 1.37. The molecule has 8 nitrogen and oxygen atoms in total. The SMILES string of the molecule is O=C1C2CC=CCC2C(=O)N1c1ccc(N2CCN(c3cccc(Cl)c3)CC2)c([N+](=O)[O-])c1. The Hall–Kier alpha value is -3.39. The lowest BCUT2D eigenvalue weighted by molar-refractivity contribution is -0.384. The van der Waals surface area contributed by atoms with Gasteiger partial charge < -0.3 is 9.80 Å². The van der Waals surface area contributed by atoms with E-state index < -0.39 is 4.92 Å². The number of anilines is 3. The summed E-state index contributed by atoms with van der Waals surface area (Å²) in [5, 5.41) is 12.6. The molecule has 2 aliphatic heterocycles. The summed E-state index contributed by atoms with van der Waals surface area (Å²) >= 11 is 6.11. The number of rotatable bonds is 4. The minimum absolute atomic E-state index is 0.0997. The third-order valence-electron chi connectivity index (χ3n) is 6.72. The molecular formula is C24H23ClN4O4. The van der Waals surface area contributed by atoms with Crippen molar-refractivity contribution in [3.05, 3.63) is 69.8 Å². The number of nitro groups is 1. The average Bonchev–Trinajstić information content (AvgIpc) is 3.09. The summed E-state index contributed by atoms with van der Waals surface area (Å²) in [5.41, 5.74) is 1.69. The molecule has 2 aromatic rings. The number of carbonyl (C=O) groups excluding carboxylic acids is 2. The largest absolute Gasteiger partial charge is 0.368 e. The fourth-order valence-corrected chi connectivity index (χ4v) is 5.18. The van der Waals surface area contributed by atoms with Crippen LogP contribution in [0.3, 0.4) is 0 Å². The van der Waals surface area contributed by atoms with Crippen molar-refractivity contribution in [2.45, 2.75) is 12.8 Å². The Labute approximate surface area is 196 Å². The number of benzene rings is 2. The highest BCUT2D eigenvalue weighted by atomic mass is 35.5. The number of allylic oxidation sites excluding steroid dienone is 2. The van der Waals surface area contributed by atoms with Crippen molar-refractivity contribution in [2.75, 3.05) is 40.9 Å². The number of hydrogen-bond acceptors (Lipinski definition) is 6. The molecule has 0 saturated carbocycles. The maximum absolute atomic E-state index is 12.9. The number of piperazine rings is 1. The molecule has 3 aliphatic rings. The van der Waals surface area contributed by atoms with Crippen LogP contribution in [0.2, 0.25) is 5.02 Å². The quantitative estimate of drug-likeness (QED) is 0.292. The second-order valence-electron chi connectivity index (χ2n) is 8.55. The predicted octanol–water partition coefficient (Wildman–Crippen LogP) is 4.03. The van der Waals surface area contributed by atoms with Crippen LogP contribution in [0.5, 0.6) is 0 Å². The molecular weight excluding hydrogens is 444 g/mol. The van der Waals surface area contributed by atoms with Crippen molar-refractivity contribution < 1.29 is 14.5 Å². The third kappa shape index (κ3) is 3.84. The van der Waals surface area contributed by atoms with Crippen molar-refractivity contribution in [3.63, 3.8) is 0 Å². The van der Waals surface area contributed by atoms with E-state index in [9.17, 15) is 19.7 Å². The van der Waals surface area contributed by atoms with Crippen LogP contribution in [0.15, 0.2) is 54.6 Å². The number of amides is 2. The minimum Gasteiger partial charge on any atom is -0.368 e. The molecule has 1 aliphatic carbocycles. The van der Waals surface area contributed by atoms with Crippen LogP contribution in [-0.2, 0) is 9.59 Å². The number of nitrogens with zero attached hydrogens (tertiary/aromatic N) is 4. The van der Waals surface area contributed by atoms with E-state index in [1.165, 1.54) is 6.07 Å². The zero-order chi connectivity index (χ0) is 23.1. The number of halogens is 1. The molecule has 170 valence electrons. The van der Waals surface area contributed by atoms with Crippen LogP contribution in [0, 0.1) is 22.0 Å². The van der Waals surface area contributed by atoms with Gasteiger partial charge in [-0.15, -0.1) is 0 Å². The Morgan fingerprint density at radius 3 is 2.09 bits per heavy atom. The number of hydrogen-bond donors (Lipinski definition) is 0. The van der Waals surface area contributed by atoms with Gasteiger partial charge in [-0.25, -0.2) is 4.90 Å². The van der Waals surface area contributed by atoms with Crippen LogP contribution in [0.1, 0.15) is 12.8 Å². The highest BCUT2D eigenvalue weighted by molar-refractivity contribution is 6.30. The van der Waals surface area contributed by atoms with Crippen molar-refractivity contribution >= 4 is 46.2 Å². The zero-order valence-electron chi connectivity index (χ0n) is 17.9. The molecule has 0 N–H and O–H groups in total. The fourth-order valence-electron chi connectivity index (χ4n) is 5.00. The summed E-state index contributed by atoms with van der Waals surface area (Å²) in [6.45, 7) is 2.59. The van der Waals surface area contributed by atoms with Gasteiger partial charge in [0.25, 0.3) is 5.69 Å². The molecule has 0 spiro atoms. The molecule has 0 radical (unpaired) electrons. The van der Waals surface area contributed by atoms with Crippen LogP contribution in [0.4, 0.5) is 22.7 Å². The van der Waals surface area contributed by atoms with Gasteiger partial charge in [0.05, 0.1) is 22.4 Å². The van der Waals surface area contributed by atoms with Crippen LogP contribution in [0.25, 0.3) is 0 Å². The van der Waals surface area contributed by atoms with E-state index in [1.54, 1.807) is 12.1 Å². The van der Waals surface area contributed by atoms with E-state index in [0.29, 0.717) is 49.7 Å². The van der Waals surface area contributed by atoms with Crippen molar-refractivity contribution in [3.8, 4) is 0 Å². The van der Waals surface area contributed by atoms with Gasteiger partial charge in [0, 0.05) is 43.0 Å². The normalized spacial score (nSPS) is 22.6. The van der Waals surface area contributed by atoms with Gasteiger partial charge in [-0.3, -0.25) is 19.7 Å². The van der Waals surface area contributed by atoms with Crippen LogP contribution >= 0.6 is 11.6 Å². The van der Waals surface area contributed by atoms with E-state index in [2.05, 4.69) is 4.90 Å². The van der Waals surface area contributed by atoms with Gasteiger partial charge in [0.1, 0.15) is 5.69 Å². The van der Waals surface area contributed by atoms with Gasteiger partial charge in [0.15, 0.2) is 0 Å². The first-order valence-electron chi connectivity index (χ1n) is 11.0. The van der Waals surface area contributed by atoms with Crippen molar-refractivity contribution in [2.24, 2.45) is 11.8 Å².